The number of aliphatic carboxylic acids is 1. The molecule has 1 fully saturated rings. The van der Waals surface area contributed by atoms with Gasteiger partial charge in [-0.15, -0.1) is 0 Å². The number of amides is 10. The summed E-state index contributed by atoms with van der Waals surface area (Å²) in [7, 11) is 0. The molecule has 1 heterocycles. The fourth-order valence-electron chi connectivity index (χ4n) is 6.29. The quantitative estimate of drug-likeness (QED) is 0.0248. The molecule has 0 aromatic carbocycles. The van der Waals surface area contributed by atoms with E-state index in [0.717, 1.165) is 18.7 Å². The Bertz CT molecular complexity index is 1970. The van der Waals surface area contributed by atoms with Gasteiger partial charge in [0.2, 0.25) is 59.1 Å². The zero-order chi connectivity index (χ0) is 53.8. The molecule has 1 rings (SSSR count). The summed E-state index contributed by atoms with van der Waals surface area (Å²) in [6, 6.07) is -10.0. The maximum atomic E-state index is 13.8. The van der Waals surface area contributed by atoms with Crippen LogP contribution < -0.4 is 65.1 Å². The van der Waals surface area contributed by atoms with E-state index in [1.807, 2.05) is 0 Å². The third kappa shape index (κ3) is 26.5. The van der Waals surface area contributed by atoms with Crippen LogP contribution in [0.3, 0.4) is 0 Å². The lowest BCUT2D eigenvalue weighted by Crippen LogP contribution is -2.61. The molecule has 0 aromatic heterocycles. The van der Waals surface area contributed by atoms with E-state index in [-0.39, 0.29) is 69.4 Å². The smallest absolute Gasteiger partial charge is 0.306 e. The second-order valence-electron chi connectivity index (χ2n) is 16.3. The van der Waals surface area contributed by atoms with Crippen molar-refractivity contribution in [2.75, 3.05) is 38.5 Å². The Morgan fingerprint density at radius 1 is 0.746 bits per heavy atom. The lowest BCUT2D eigenvalue weighted by atomic mass is 10.0. The van der Waals surface area contributed by atoms with Crippen molar-refractivity contribution >= 4 is 93.8 Å². The van der Waals surface area contributed by atoms with Gasteiger partial charge in [-0.1, -0.05) is 25.6 Å². The molecule has 0 bridgehead atoms. The number of carboxylic acids is 1. The van der Waals surface area contributed by atoms with Crippen LogP contribution in [0.4, 0.5) is 0 Å². The van der Waals surface area contributed by atoms with Gasteiger partial charge in [0, 0.05) is 31.7 Å². The number of nitrogens with one attached hydrogen (secondary N) is 9. The molecule has 71 heavy (non-hydrogen) atoms. The number of hydrogen-bond donors (Lipinski definition) is 14. The SMILES string of the molecule is CCOC(=O)CCSC(=O)CCNC(=O)[C@@H]1CCC(=O)N[C@@H](CC(C)C)C(=O)N[C@@H]([C@@H](C)O)C(=O)N[C@@H](CCCN=C(N)N)C(=O)N[C@@H](CC(=O)O)C(=O)NCC(=O)NCC(=O)N[C@@H](CC(N)=O)C(=O)N1. The summed E-state index contributed by atoms with van der Waals surface area (Å²) in [5.74, 6) is -13.2. The van der Waals surface area contributed by atoms with Crippen molar-refractivity contribution in [1.29, 1.82) is 0 Å². The van der Waals surface area contributed by atoms with Gasteiger partial charge in [-0.2, -0.15) is 0 Å². The first-order valence-electron chi connectivity index (χ1n) is 22.5. The fraction of sp³-hybridized carbons (Fsp3) is 0.659. The van der Waals surface area contributed by atoms with Gasteiger partial charge in [0.25, 0.3) is 0 Å². The molecule has 1 saturated heterocycles. The molecule has 17 N–H and O–H groups in total. The number of primary amides is 1. The predicted molar refractivity (Wildman–Crippen MR) is 250 cm³/mol. The number of ether oxygens (including phenoxy) is 1. The van der Waals surface area contributed by atoms with E-state index in [1.54, 1.807) is 20.8 Å². The topological polar surface area (TPSA) is 470 Å². The molecule has 0 unspecified atom stereocenters. The van der Waals surface area contributed by atoms with Crippen LogP contribution in [0.1, 0.15) is 85.5 Å². The van der Waals surface area contributed by atoms with Crippen LogP contribution in [-0.2, 0) is 67.1 Å². The molecule has 0 aliphatic carbocycles. The molecule has 0 spiro atoms. The number of carbonyl (C=O) groups excluding carboxylic acids is 12. The maximum Gasteiger partial charge on any atom is 0.306 e. The summed E-state index contributed by atoms with van der Waals surface area (Å²) in [5.41, 5.74) is 16.1. The van der Waals surface area contributed by atoms with E-state index < -0.39 is 157 Å². The van der Waals surface area contributed by atoms with Crippen molar-refractivity contribution in [3.63, 3.8) is 0 Å². The highest BCUT2D eigenvalue weighted by Crippen LogP contribution is 2.11. The second-order valence-corrected chi connectivity index (χ2v) is 17.5. The molecular weight excluding hydrogens is 963 g/mol. The monoisotopic (exact) mass is 1030 g/mol. The number of nitrogens with two attached hydrogens (primary N) is 3. The van der Waals surface area contributed by atoms with Crippen molar-refractivity contribution in [2.24, 2.45) is 28.1 Å². The zero-order valence-electron chi connectivity index (χ0n) is 39.9. The average molecular weight is 1030 g/mol. The highest BCUT2D eigenvalue weighted by atomic mass is 32.2. The maximum absolute atomic E-state index is 13.8. The van der Waals surface area contributed by atoms with E-state index in [9.17, 15) is 72.5 Å². The lowest BCUT2D eigenvalue weighted by Gasteiger charge is -2.28. The lowest BCUT2D eigenvalue weighted by molar-refractivity contribution is -0.143. The van der Waals surface area contributed by atoms with E-state index in [2.05, 4.69) is 52.8 Å². The number of hydrogen-bond acceptors (Lipinski definition) is 17. The Morgan fingerprint density at radius 2 is 1.35 bits per heavy atom. The standard InChI is InChI=1S/C41H67N13O16S/c1-5-70-32(62)11-14-71-33(63)10-13-45-35(64)23-8-9-28(57)49-24(15-20(2)3)39(68)54-34(21(4)55)40(69)52-22(7-6-12-46-41(43)44)37(66)53-26(17-31(60)61)36(65)48-18-29(58)47-19-30(59)50-25(16-27(42)56)38(67)51-23/h20-26,34,55H,5-19H2,1-4H3,(H2,42,56)(H,45,64)(H,47,58)(H,48,65)(H,49,57)(H,50,59)(H,51,67)(H,52,69)(H,53,66)(H,54,68)(H,60,61)(H4,43,44,46)/t21-,22+,23+,24+,25+,26+,34+/m1/s1. The van der Waals surface area contributed by atoms with E-state index in [1.165, 1.54) is 0 Å². The second kappa shape index (κ2) is 32.7. The largest absolute Gasteiger partial charge is 0.481 e. The van der Waals surface area contributed by atoms with Crippen LogP contribution in [0.25, 0.3) is 0 Å². The highest BCUT2D eigenvalue weighted by Gasteiger charge is 2.35. The number of carboxylic acid groups (broad SMARTS) is 1. The normalized spacial score (nSPS) is 22.1. The van der Waals surface area contributed by atoms with E-state index in [0.29, 0.717) is 0 Å². The van der Waals surface area contributed by atoms with E-state index in [4.69, 9.17) is 21.9 Å². The summed E-state index contributed by atoms with van der Waals surface area (Å²) in [5, 5.41) is 40.5. The van der Waals surface area contributed by atoms with Gasteiger partial charge in [0.05, 0.1) is 45.1 Å². The van der Waals surface area contributed by atoms with Crippen LogP contribution >= 0.6 is 11.8 Å². The summed E-state index contributed by atoms with van der Waals surface area (Å²) in [6.07, 6.45) is -5.12. The van der Waals surface area contributed by atoms with Gasteiger partial charge in [-0.3, -0.25) is 67.3 Å². The highest BCUT2D eigenvalue weighted by molar-refractivity contribution is 8.13. The van der Waals surface area contributed by atoms with Gasteiger partial charge in [0.1, 0.15) is 36.3 Å². The average Bonchev–Trinajstić information content (AvgIpc) is 3.27. The van der Waals surface area contributed by atoms with Crippen molar-refractivity contribution in [1.82, 2.24) is 47.9 Å². The predicted octanol–water partition coefficient (Wildman–Crippen LogP) is -6.53. The first-order valence-corrected chi connectivity index (χ1v) is 23.5. The first-order chi connectivity index (χ1) is 33.3. The number of carbonyl (C=O) groups is 13. The number of thioether (sulfide) groups is 1. The third-order valence-electron chi connectivity index (χ3n) is 9.73. The molecular formula is C41H67N13O16S. The van der Waals surface area contributed by atoms with Crippen molar-refractivity contribution in [2.45, 2.75) is 128 Å². The Kier molecular flexibility index (Phi) is 28.5. The van der Waals surface area contributed by atoms with Crippen LogP contribution in [0, 0.1) is 5.92 Å². The molecule has 0 radical (unpaired) electrons. The number of nitrogens with zero attached hydrogens (tertiary/aromatic N) is 1. The van der Waals surface area contributed by atoms with Crippen molar-refractivity contribution in [3.05, 3.63) is 0 Å². The van der Waals surface area contributed by atoms with E-state index >= 15 is 0 Å². The Labute approximate surface area is 412 Å². The van der Waals surface area contributed by atoms with Gasteiger partial charge in [0.15, 0.2) is 11.1 Å². The molecule has 0 saturated carbocycles. The van der Waals surface area contributed by atoms with Gasteiger partial charge < -0.3 is 80.0 Å². The van der Waals surface area contributed by atoms with Gasteiger partial charge >= 0.3 is 11.9 Å². The van der Waals surface area contributed by atoms with Crippen LogP contribution in [-0.4, -0.2) is 173 Å². The Hall–Kier alpha value is -7.11. The molecule has 1 aliphatic heterocycles. The number of aliphatic imine (C=N–C) groups is 1. The minimum absolute atomic E-state index is 0.0160. The third-order valence-corrected chi connectivity index (χ3v) is 10.7. The van der Waals surface area contributed by atoms with Gasteiger partial charge in [-0.05, 0) is 45.4 Å². The molecule has 10 amide bonds. The Morgan fingerprint density at radius 3 is 1.96 bits per heavy atom. The minimum atomic E-state index is -1.87. The minimum Gasteiger partial charge on any atom is -0.481 e. The number of esters is 1. The summed E-state index contributed by atoms with van der Waals surface area (Å²) in [4.78, 5) is 172. The molecule has 30 heteroatoms. The summed E-state index contributed by atoms with van der Waals surface area (Å²) in [6.45, 7) is 4.22. The van der Waals surface area contributed by atoms with Crippen molar-refractivity contribution < 1.29 is 77.3 Å². The first kappa shape index (κ1) is 61.9. The van der Waals surface area contributed by atoms with Crippen molar-refractivity contribution in [3.8, 4) is 0 Å². The molecule has 29 nitrogen and oxygen atoms in total. The number of aliphatic hydroxyl groups is 1. The molecule has 0 aromatic rings. The fourth-order valence-corrected chi connectivity index (χ4v) is 7.03. The zero-order valence-corrected chi connectivity index (χ0v) is 40.7. The van der Waals surface area contributed by atoms with Crippen LogP contribution in [0.5, 0.6) is 0 Å². The van der Waals surface area contributed by atoms with Crippen LogP contribution in [0.2, 0.25) is 0 Å². The van der Waals surface area contributed by atoms with Crippen LogP contribution in [0.15, 0.2) is 4.99 Å². The Balaban J connectivity index is 3.66. The molecule has 398 valence electrons. The number of guanidine groups is 1. The summed E-state index contributed by atoms with van der Waals surface area (Å²) < 4.78 is 4.82. The number of aliphatic hydroxyl groups excluding tert-OH is 1. The molecule has 7 atom stereocenters. The van der Waals surface area contributed by atoms with Gasteiger partial charge in [-0.25, -0.2) is 0 Å². The molecule has 1 aliphatic rings. The number of rotatable bonds is 19. The summed E-state index contributed by atoms with van der Waals surface area (Å²) >= 11 is 0.814.